The summed E-state index contributed by atoms with van der Waals surface area (Å²) in [4.78, 5) is 22.3. The number of alkyl halides is 2. The number of nitrogens with one attached hydrogen (secondary N) is 1. The van der Waals surface area contributed by atoms with E-state index in [1.54, 1.807) is 24.3 Å². The second kappa shape index (κ2) is 7.04. The highest BCUT2D eigenvalue weighted by Gasteiger charge is 2.23. The second-order valence-electron chi connectivity index (χ2n) is 3.89. The minimum Gasteiger partial charge on any atom is -0.480 e. The van der Waals surface area contributed by atoms with E-state index < -0.39 is 30.8 Å². The molecule has 1 amide bonds. The molecular weight excluding hydrogens is 280 g/mol. The van der Waals surface area contributed by atoms with Crippen LogP contribution in [0.1, 0.15) is 12.0 Å². The summed E-state index contributed by atoms with van der Waals surface area (Å²) in [5, 5.41) is 11.2. The summed E-state index contributed by atoms with van der Waals surface area (Å²) >= 11 is 5.73. The summed E-state index contributed by atoms with van der Waals surface area (Å²) in [7, 11) is 0. The van der Waals surface area contributed by atoms with Crippen LogP contribution in [0.4, 0.5) is 8.78 Å². The lowest BCUT2D eigenvalue weighted by Gasteiger charge is -2.14. The molecule has 1 aromatic carbocycles. The second-order valence-corrected chi connectivity index (χ2v) is 4.33. The van der Waals surface area contributed by atoms with Gasteiger partial charge in [-0.25, -0.2) is 13.6 Å². The lowest BCUT2D eigenvalue weighted by Crippen LogP contribution is -2.42. The van der Waals surface area contributed by atoms with Crippen molar-refractivity contribution in [2.24, 2.45) is 0 Å². The summed E-state index contributed by atoms with van der Waals surface area (Å²) in [6.45, 7) is 0. The monoisotopic (exact) mass is 291 g/mol. The van der Waals surface area contributed by atoms with Gasteiger partial charge >= 0.3 is 5.97 Å². The Kier molecular flexibility index (Phi) is 5.69. The number of rotatable bonds is 6. The molecule has 0 bridgehead atoms. The van der Waals surface area contributed by atoms with Crippen LogP contribution < -0.4 is 5.32 Å². The number of hydrogen-bond donors (Lipinski definition) is 2. The summed E-state index contributed by atoms with van der Waals surface area (Å²) in [6, 6.07) is 4.85. The normalized spacial score (nSPS) is 12.2. The van der Waals surface area contributed by atoms with Crippen LogP contribution in [0.15, 0.2) is 24.3 Å². The average Bonchev–Trinajstić information content (AvgIpc) is 2.27. The van der Waals surface area contributed by atoms with Gasteiger partial charge in [0.25, 0.3) is 0 Å². The molecule has 0 aromatic heterocycles. The molecule has 0 saturated carbocycles. The molecule has 0 aliphatic carbocycles. The molecule has 1 aromatic rings. The first kappa shape index (κ1) is 15.4. The molecule has 1 unspecified atom stereocenters. The van der Waals surface area contributed by atoms with Gasteiger partial charge < -0.3 is 10.4 Å². The zero-order valence-electron chi connectivity index (χ0n) is 9.78. The van der Waals surface area contributed by atoms with Gasteiger partial charge in [0.05, 0.1) is 6.42 Å². The maximum Gasteiger partial charge on any atom is 0.326 e. The molecule has 104 valence electrons. The number of carbonyl (C=O) groups is 2. The summed E-state index contributed by atoms with van der Waals surface area (Å²) in [5.41, 5.74) is 0.575. The van der Waals surface area contributed by atoms with E-state index in [9.17, 15) is 18.4 Å². The van der Waals surface area contributed by atoms with Gasteiger partial charge in [-0.1, -0.05) is 23.7 Å². The number of carboxylic acid groups (broad SMARTS) is 1. The van der Waals surface area contributed by atoms with Crippen molar-refractivity contribution in [3.05, 3.63) is 34.9 Å². The average molecular weight is 292 g/mol. The van der Waals surface area contributed by atoms with E-state index in [1.807, 2.05) is 0 Å². The van der Waals surface area contributed by atoms with Crippen LogP contribution in [0.3, 0.4) is 0 Å². The van der Waals surface area contributed by atoms with E-state index in [0.29, 0.717) is 10.6 Å². The van der Waals surface area contributed by atoms with E-state index in [2.05, 4.69) is 5.32 Å². The molecule has 7 heteroatoms. The van der Waals surface area contributed by atoms with Crippen LogP contribution >= 0.6 is 11.6 Å². The number of carboxylic acids is 1. The number of benzene rings is 1. The molecule has 0 aliphatic rings. The fraction of sp³-hybridized carbons (Fsp3) is 0.333. The van der Waals surface area contributed by atoms with Gasteiger partial charge in [-0.2, -0.15) is 0 Å². The number of carbonyl (C=O) groups excluding carboxylic acids is 1. The van der Waals surface area contributed by atoms with Crippen LogP contribution in [0.5, 0.6) is 0 Å². The molecule has 0 aliphatic heterocycles. The molecule has 0 radical (unpaired) electrons. The predicted molar refractivity (Wildman–Crippen MR) is 65.3 cm³/mol. The van der Waals surface area contributed by atoms with Gasteiger partial charge in [0, 0.05) is 11.4 Å². The highest BCUT2D eigenvalue weighted by molar-refractivity contribution is 6.30. The van der Waals surface area contributed by atoms with Crippen molar-refractivity contribution in [2.75, 3.05) is 0 Å². The molecule has 4 nitrogen and oxygen atoms in total. The SMILES string of the molecule is O=C(Cc1cccc(Cl)c1)NC(CC(F)F)C(=O)O. The standard InChI is InChI=1S/C12H12ClF2NO3/c13-8-3-1-2-7(4-8)5-11(17)16-9(12(18)19)6-10(14)15/h1-4,9-10H,5-6H2,(H,16,17)(H,18,19). The quantitative estimate of drug-likeness (QED) is 0.843. The third kappa shape index (κ3) is 5.65. The minimum atomic E-state index is -2.80. The third-order valence-electron chi connectivity index (χ3n) is 2.30. The Bertz CT molecular complexity index is 468. The van der Waals surface area contributed by atoms with Crippen molar-refractivity contribution in [3.63, 3.8) is 0 Å². The highest BCUT2D eigenvalue weighted by Crippen LogP contribution is 2.11. The molecule has 0 fully saturated rings. The number of hydrogen-bond acceptors (Lipinski definition) is 2. The zero-order valence-corrected chi connectivity index (χ0v) is 10.5. The third-order valence-corrected chi connectivity index (χ3v) is 2.54. The van der Waals surface area contributed by atoms with E-state index >= 15 is 0 Å². The Hall–Kier alpha value is -1.69. The maximum absolute atomic E-state index is 12.1. The fourth-order valence-corrected chi connectivity index (χ4v) is 1.69. The van der Waals surface area contributed by atoms with Crippen LogP contribution in [0, 0.1) is 0 Å². The summed E-state index contributed by atoms with van der Waals surface area (Å²) in [6.07, 6.45) is -3.84. The number of aliphatic carboxylic acids is 1. The van der Waals surface area contributed by atoms with Crippen molar-refractivity contribution in [3.8, 4) is 0 Å². The molecule has 0 heterocycles. The van der Waals surface area contributed by atoms with Crippen LogP contribution in [-0.2, 0) is 16.0 Å². The first-order chi connectivity index (χ1) is 8.88. The summed E-state index contributed by atoms with van der Waals surface area (Å²) in [5.74, 6) is -2.13. The van der Waals surface area contributed by atoms with E-state index in [0.717, 1.165) is 0 Å². The largest absolute Gasteiger partial charge is 0.480 e. The molecular formula is C12H12ClF2NO3. The van der Waals surface area contributed by atoms with Crippen molar-refractivity contribution in [1.82, 2.24) is 5.32 Å². The predicted octanol–water partition coefficient (Wildman–Crippen LogP) is 2.11. The molecule has 0 spiro atoms. The molecule has 1 rings (SSSR count). The maximum atomic E-state index is 12.1. The smallest absolute Gasteiger partial charge is 0.326 e. The van der Waals surface area contributed by atoms with Crippen LogP contribution in [-0.4, -0.2) is 29.5 Å². The Morgan fingerprint density at radius 2 is 2.05 bits per heavy atom. The highest BCUT2D eigenvalue weighted by atomic mass is 35.5. The number of amides is 1. The lowest BCUT2D eigenvalue weighted by molar-refractivity contribution is -0.142. The molecule has 2 N–H and O–H groups in total. The van der Waals surface area contributed by atoms with Crippen molar-refractivity contribution in [1.29, 1.82) is 0 Å². The topological polar surface area (TPSA) is 66.4 Å². The Labute approximate surface area is 113 Å². The van der Waals surface area contributed by atoms with Gasteiger partial charge in [0.1, 0.15) is 6.04 Å². The Morgan fingerprint density at radius 3 is 2.58 bits per heavy atom. The minimum absolute atomic E-state index is 0.117. The van der Waals surface area contributed by atoms with Gasteiger partial charge in [-0.15, -0.1) is 0 Å². The van der Waals surface area contributed by atoms with Gasteiger partial charge in [0.15, 0.2) is 0 Å². The van der Waals surface area contributed by atoms with Crippen LogP contribution in [0.2, 0.25) is 5.02 Å². The molecule has 1 atom stereocenters. The lowest BCUT2D eigenvalue weighted by atomic mass is 10.1. The molecule has 0 saturated heterocycles. The van der Waals surface area contributed by atoms with Crippen molar-refractivity contribution >= 4 is 23.5 Å². The Morgan fingerprint density at radius 1 is 1.37 bits per heavy atom. The summed E-state index contributed by atoms with van der Waals surface area (Å²) < 4.78 is 24.3. The van der Waals surface area contributed by atoms with Gasteiger partial charge in [-0.3, -0.25) is 4.79 Å². The van der Waals surface area contributed by atoms with Crippen LogP contribution in [0.25, 0.3) is 0 Å². The van der Waals surface area contributed by atoms with Gasteiger partial charge in [-0.05, 0) is 17.7 Å². The zero-order chi connectivity index (χ0) is 14.4. The fourth-order valence-electron chi connectivity index (χ4n) is 1.48. The first-order valence-electron chi connectivity index (χ1n) is 5.43. The van der Waals surface area contributed by atoms with E-state index in [1.165, 1.54) is 0 Å². The van der Waals surface area contributed by atoms with Crippen molar-refractivity contribution in [2.45, 2.75) is 25.3 Å². The van der Waals surface area contributed by atoms with E-state index in [-0.39, 0.29) is 6.42 Å². The Balaban J connectivity index is 2.60. The van der Waals surface area contributed by atoms with E-state index in [4.69, 9.17) is 16.7 Å². The van der Waals surface area contributed by atoms with Gasteiger partial charge in [0.2, 0.25) is 12.3 Å². The van der Waals surface area contributed by atoms with Crippen molar-refractivity contribution < 1.29 is 23.5 Å². The number of halogens is 3. The first-order valence-corrected chi connectivity index (χ1v) is 5.81. The molecule has 19 heavy (non-hydrogen) atoms.